The average Bonchev–Trinajstić information content (AvgIpc) is 2.39. The Labute approximate surface area is 114 Å². The molecule has 0 bridgehead atoms. The number of rotatable bonds is 6. The van der Waals surface area contributed by atoms with Gasteiger partial charge >= 0.3 is 0 Å². The molecule has 3 N–H and O–H groups in total. The summed E-state index contributed by atoms with van der Waals surface area (Å²) in [4.78, 5) is 2.00. The highest BCUT2D eigenvalue weighted by molar-refractivity contribution is 5.48. The predicted molar refractivity (Wildman–Crippen MR) is 75.8 cm³/mol. The van der Waals surface area contributed by atoms with Crippen LogP contribution < -0.4 is 15.2 Å². The number of likely N-dealkylation sites (N-methyl/N-ethyl adjacent to an activating group) is 1. The number of aliphatic hydroxyl groups is 1. The van der Waals surface area contributed by atoms with Crippen LogP contribution in [0.3, 0.4) is 0 Å². The summed E-state index contributed by atoms with van der Waals surface area (Å²) < 4.78 is 10.6. The quantitative estimate of drug-likeness (QED) is 0.803. The number of ether oxygens (including phenoxy) is 2. The van der Waals surface area contributed by atoms with Crippen LogP contribution in [-0.4, -0.2) is 51.0 Å². The highest BCUT2D eigenvalue weighted by Gasteiger charge is 2.24. The summed E-state index contributed by atoms with van der Waals surface area (Å²) in [6.07, 6.45) is 0. The fourth-order valence-corrected chi connectivity index (χ4v) is 2.31. The summed E-state index contributed by atoms with van der Waals surface area (Å²) in [5.74, 6) is 1.36. The third-order valence-corrected chi connectivity index (χ3v) is 3.26. The molecule has 0 aromatic heterocycles. The number of aryl methyl sites for hydroxylation is 1. The maximum atomic E-state index is 9.33. The summed E-state index contributed by atoms with van der Waals surface area (Å²) in [5.41, 5.74) is 8.10. The minimum Gasteiger partial charge on any atom is -0.493 e. The van der Waals surface area contributed by atoms with E-state index in [1.165, 1.54) is 0 Å². The lowest BCUT2D eigenvalue weighted by Gasteiger charge is -2.31. The van der Waals surface area contributed by atoms with Crippen molar-refractivity contribution >= 4 is 0 Å². The standard InChI is InChI=1S/C14H24N2O3/c1-9-6-12(18-4)13(19-5)7-10(9)14(16(2)3)11(15)8-17/h6-7,11,14,17H,8,15H2,1-5H3. The van der Waals surface area contributed by atoms with Crippen LogP contribution in [0.1, 0.15) is 17.2 Å². The fourth-order valence-electron chi connectivity index (χ4n) is 2.31. The first-order chi connectivity index (χ1) is 8.96. The minimum atomic E-state index is -0.355. The first kappa shape index (κ1) is 15.8. The third-order valence-electron chi connectivity index (χ3n) is 3.26. The molecule has 1 rings (SSSR count). The van der Waals surface area contributed by atoms with Crippen LogP contribution in [-0.2, 0) is 0 Å². The number of nitrogens with two attached hydrogens (primary N) is 1. The maximum Gasteiger partial charge on any atom is 0.161 e. The molecule has 0 aliphatic rings. The SMILES string of the molecule is COc1cc(C)c(C(C(N)CO)N(C)C)cc1OC. The van der Waals surface area contributed by atoms with E-state index in [1.807, 2.05) is 38.1 Å². The van der Waals surface area contributed by atoms with Crippen molar-refractivity contribution in [3.63, 3.8) is 0 Å². The van der Waals surface area contributed by atoms with E-state index in [0.29, 0.717) is 11.5 Å². The van der Waals surface area contributed by atoms with E-state index in [-0.39, 0.29) is 18.7 Å². The number of aliphatic hydroxyl groups excluding tert-OH is 1. The second-order valence-corrected chi connectivity index (χ2v) is 4.82. The van der Waals surface area contributed by atoms with E-state index in [1.54, 1.807) is 14.2 Å². The molecule has 2 atom stereocenters. The number of methoxy groups -OCH3 is 2. The zero-order chi connectivity index (χ0) is 14.6. The first-order valence-electron chi connectivity index (χ1n) is 6.21. The van der Waals surface area contributed by atoms with Crippen LogP contribution >= 0.6 is 0 Å². The van der Waals surface area contributed by atoms with Gasteiger partial charge < -0.3 is 25.2 Å². The lowest BCUT2D eigenvalue weighted by molar-refractivity contribution is 0.180. The molecule has 108 valence electrons. The van der Waals surface area contributed by atoms with Gasteiger partial charge in [0.15, 0.2) is 11.5 Å². The Hall–Kier alpha value is -1.30. The van der Waals surface area contributed by atoms with Crippen LogP contribution in [0.2, 0.25) is 0 Å². The van der Waals surface area contributed by atoms with Gasteiger partial charge in [0.2, 0.25) is 0 Å². The largest absolute Gasteiger partial charge is 0.493 e. The van der Waals surface area contributed by atoms with Gasteiger partial charge in [-0.15, -0.1) is 0 Å². The van der Waals surface area contributed by atoms with Gasteiger partial charge in [0.25, 0.3) is 0 Å². The van der Waals surface area contributed by atoms with E-state index < -0.39 is 0 Å². The van der Waals surface area contributed by atoms with Crippen molar-refractivity contribution in [2.75, 3.05) is 34.9 Å². The molecule has 1 aromatic rings. The molecule has 5 nitrogen and oxygen atoms in total. The van der Waals surface area contributed by atoms with Crippen molar-refractivity contribution < 1.29 is 14.6 Å². The molecule has 2 unspecified atom stereocenters. The Morgan fingerprint density at radius 2 is 1.74 bits per heavy atom. The Morgan fingerprint density at radius 3 is 2.16 bits per heavy atom. The molecule has 0 aliphatic heterocycles. The highest BCUT2D eigenvalue weighted by atomic mass is 16.5. The maximum absolute atomic E-state index is 9.33. The van der Waals surface area contributed by atoms with Crippen molar-refractivity contribution in [1.82, 2.24) is 4.90 Å². The van der Waals surface area contributed by atoms with Crippen molar-refractivity contribution in [2.24, 2.45) is 5.73 Å². The van der Waals surface area contributed by atoms with Crippen molar-refractivity contribution in [1.29, 1.82) is 0 Å². The Balaban J connectivity index is 3.30. The molecule has 1 aromatic carbocycles. The van der Waals surface area contributed by atoms with Gasteiger partial charge in [0.05, 0.1) is 26.9 Å². The average molecular weight is 268 g/mol. The molecule has 0 saturated heterocycles. The van der Waals surface area contributed by atoms with Crippen LogP contribution in [0, 0.1) is 6.92 Å². The summed E-state index contributed by atoms with van der Waals surface area (Å²) in [6, 6.07) is 3.42. The molecule has 19 heavy (non-hydrogen) atoms. The molecule has 0 heterocycles. The molecule has 0 amide bonds. The topological polar surface area (TPSA) is 68.0 Å². The highest BCUT2D eigenvalue weighted by Crippen LogP contribution is 2.35. The number of hydrogen-bond acceptors (Lipinski definition) is 5. The van der Waals surface area contributed by atoms with Gasteiger partial charge in [-0.05, 0) is 44.3 Å². The van der Waals surface area contributed by atoms with Crippen molar-refractivity contribution in [3.8, 4) is 11.5 Å². The molecule has 0 saturated carbocycles. The zero-order valence-electron chi connectivity index (χ0n) is 12.3. The second kappa shape index (κ2) is 6.75. The number of benzene rings is 1. The van der Waals surface area contributed by atoms with Crippen LogP contribution in [0.15, 0.2) is 12.1 Å². The molecule has 0 fully saturated rings. The third kappa shape index (κ3) is 3.37. The summed E-state index contributed by atoms with van der Waals surface area (Å²) in [5, 5.41) is 9.33. The summed E-state index contributed by atoms with van der Waals surface area (Å²) >= 11 is 0. The van der Waals surface area contributed by atoms with Gasteiger partial charge in [-0.25, -0.2) is 0 Å². The number of nitrogens with zero attached hydrogens (tertiary/aromatic N) is 1. The van der Waals surface area contributed by atoms with Crippen LogP contribution in [0.4, 0.5) is 0 Å². The normalized spacial score (nSPS) is 14.3. The second-order valence-electron chi connectivity index (χ2n) is 4.82. The smallest absolute Gasteiger partial charge is 0.161 e. The Bertz CT molecular complexity index is 421. The van der Waals surface area contributed by atoms with Gasteiger partial charge in [0, 0.05) is 6.04 Å². The lowest BCUT2D eigenvalue weighted by Crippen LogP contribution is -2.40. The minimum absolute atomic E-state index is 0.0728. The van der Waals surface area contributed by atoms with Crippen LogP contribution in [0.5, 0.6) is 11.5 Å². The van der Waals surface area contributed by atoms with Gasteiger partial charge in [-0.2, -0.15) is 0 Å². The van der Waals surface area contributed by atoms with E-state index in [0.717, 1.165) is 11.1 Å². The summed E-state index contributed by atoms with van der Waals surface area (Å²) in [7, 11) is 7.10. The van der Waals surface area contributed by atoms with Crippen molar-refractivity contribution in [2.45, 2.75) is 19.0 Å². The predicted octanol–water partition coefficient (Wildman–Crippen LogP) is 0.935. The van der Waals surface area contributed by atoms with E-state index in [9.17, 15) is 5.11 Å². The Morgan fingerprint density at radius 1 is 1.21 bits per heavy atom. The van der Waals surface area contributed by atoms with E-state index in [4.69, 9.17) is 15.2 Å². The molecule has 0 spiro atoms. The number of hydrogen-bond donors (Lipinski definition) is 2. The van der Waals surface area contributed by atoms with Crippen molar-refractivity contribution in [3.05, 3.63) is 23.3 Å². The van der Waals surface area contributed by atoms with E-state index >= 15 is 0 Å². The molecule has 0 radical (unpaired) electrons. The molecular weight excluding hydrogens is 244 g/mol. The van der Waals surface area contributed by atoms with E-state index in [2.05, 4.69) is 0 Å². The fraction of sp³-hybridized carbons (Fsp3) is 0.571. The van der Waals surface area contributed by atoms with Gasteiger partial charge in [0.1, 0.15) is 0 Å². The van der Waals surface area contributed by atoms with Gasteiger partial charge in [-0.3, -0.25) is 0 Å². The monoisotopic (exact) mass is 268 g/mol. The Kier molecular flexibility index (Phi) is 5.60. The zero-order valence-corrected chi connectivity index (χ0v) is 12.3. The molecule has 5 heteroatoms. The molecular formula is C14H24N2O3. The molecule has 0 aliphatic carbocycles. The first-order valence-corrected chi connectivity index (χ1v) is 6.21. The van der Waals surface area contributed by atoms with Crippen LogP contribution in [0.25, 0.3) is 0 Å². The van der Waals surface area contributed by atoms with Gasteiger partial charge in [-0.1, -0.05) is 0 Å². The summed E-state index contributed by atoms with van der Waals surface area (Å²) in [6.45, 7) is 1.93. The lowest BCUT2D eigenvalue weighted by atomic mass is 9.94.